The summed E-state index contributed by atoms with van der Waals surface area (Å²) in [4.78, 5) is 23.2. The summed E-state index contributed by atoms with van der Waals surface area (Å²) in [7, 11) is 3.06. The Bertz CT molecular complexity index is 776. The molecule has 1 atom stereocenters. The number of nitro groups is 1. The topological polar surface area (TPSA) is 90.7 Å². The van der Waals surface area contributed by atoms with Crippen LogP contribution in [0.25, 0.3) is 0 Å². The number of amides is 1. The largest absolute Gasteiger partial charge is 0.493 e. The quantitative estimate of drug-likeness (QED) is 0.610. The van der Waals surface area contributed by atoms with Gasteiger partial charge in [-0.1, -0.05) is 25.1 Å². The van der Waals surface area contributed by atoms with Gasteiger partial charge in [0.2, 0.25) is 5.91 Å². The summed E-state index contributed by atoms with van der Waals surface area (Å²) in [6.07, 6.45) is 0.530. The molecule has 0 fully saturated rings. The number of nitrogens with zero attached hydrogens (tertiary/aromatic N) is 1. The van der Waals surface area contributed by atoms with E-state index in [4.69, 9.17) is 9.47 Å². The summed E-state index contributed by atoms with van der Waals surface area (Å²) in [6.45, 7) is 1.88. The number of nitro benzene ring substituents is 1. The van der Waals surface area contributed by atoms with Gasteiger partial charge in [0, 0.05) is 6.07 Å². The molecule has 0 aliphatic rings. The second-order valence-corrected chi connectivity index (χ2v) is 5.34. The fraction of sp³-hybridized carbons (Fsp3) is 0.278. The van der Waals surface area contributed by atoms with Crippen LogP contribution in [-0.4, -0.2) is 25.1 Å². The number of carbonyl (C=O) groups is 1. The smallest absolute Gasteiger partial charge is 0.292 e. The van der Waals surface area contributed by atoms with E-state index in [0.29, 0.717) is 17.9 Å². The van der Waals surface area contributed by atoms with Crippen LogP contribution >= 0.6 is 0 Å². The summed E-state index contributed by atoms with van der Waals surface area (Å²) in [5.74, 6) is 0.306. The monoisotopic (exact) mass is 344 g/mol. The van der Waals surface area contributed by atoms with Crippen molar-refractivity contribution in [2.24, 2.45) is 0 Å². The molecule has 0 bridgehead atoms. The first-order valence-electron chi connectivity index (χ1n) is 7.78. The lowest BCUT2D eigenvalue weighted by Crippen LogP contribution is -2.21. The van der Waals surface area contributed by atoms with Crippen LogP contribution < -0.4 is 14.8 Å². The van der Waals surface area contributed by atoms with Crippen LogP contribution in [0.2, 0.25) is 0 Å². The molecule has 1 N–H and O–H groups in total. The van der Waals surface area contributed by atoms with Gasteiger partial charge in [-0.15, -0.1) is 0 Å². The van der Waals surface area contributed by atoms with Crippen LogP contribution in [0.5, 0.6) is 11.5 Å². The van der Waals surface area contributed by atoms with Gasteiger partial charge < -0.3 is 14.8 Å². The molecule has 0 aliphatic carbocycles. The van der Waals surface area contributed by atoms with Gasteiger partial charge in [0.05, 0.1) is 25.1 Å². The van der Waals surface area contributed by atoms with E-state index in [1.54, 1.807) is 30.3 Å². The predicted molar refractivity (Wildman–Crippen MR) is 94.3 cm³/mol. The van der Waals surface area contributed by atoms with Crippen molar-refractivity contribution >= 4 is 17.3 Å². The molecule has 0 spiro atoms. The molecule has 0 aromatic heterocycles. The van der Waals surface area contributed by atoms with Crippen molar-refractivity contribution in [3.05, 3.63) is 58.1 Å². The van der Waals surface area contributed by atoms with Gasteiger partial charge in [-0.2, -0.15) is 0 Å². The standard InChI is InChI=1S/C18H20N2O5/c1-4-13(12-9-10-16(24-2)17(11-12)25-3)18(21)19-14-7-5-6-8-15(14)20(22)23/h5-11,13H,4H2,1-3H3,(H,19,21). The Morgan fingerprint density at radius 1 is 1.16 bits per heavy atom. The molecule has 0 saturated heterocycles. The number of hydrogen-bond donors (Lipinski definition) is 1. The summed E-state index contributed by atoms with van der Waals surface area (Å²) in [6, 6.07) is 11.3. The zero-order chi connectivity index (χ0) is 18.4. The normalized spacial score (nSPS) is 11.5. The van der Waals surface area contributed by atoms with Gasteiger partial charge in [0.1, 0.15) is 5.69 Å². The van der Waals surface area contributed by atoms with Crippen molar-refractivity contribution in [1.82, 2.24) is 0 Å². The first-order valence-corrected chi connectivity index (χ1v) is 7.78. The third kappa shape index (κ3) is 4.06. The van der Waals surface area contributed by atoms with Gasteiger partial charge in [-0.3, -0.25) is 14.9 Å². The van der Waals surface area contributed by atoms with Crippen molar-refractivity contribution in [2.75, 3.05) is 19.5 Å². The van der Waals surface area contributed by atoms with Crippen molar-refractivity contribution in [1.29, 1.82) is 0 Å². The number of hydrogen-bond acceptors (Lipinski definition) is 5. The molecule has 0 heterocycles. The maximum Gasteiger partial charge on any atom is 0.292 e. The number of ether oxygens (including phenoxy) is 2. The second kappa shape index (κ2) is 8.14. The van der Waals surface area contributed by atoms with Crippen LogP contribution in [0.15, 0.2) is 42.5 Å². The van der Waals surface area contributed by atoms with E-state index >= 15 is 0 Å². The highest BCUT2D eigenvalue weighted by atomic mass is 16.6. The fourth-order valence-electron chi connectivity index (χ4n) is 2.60. The van der Waals surface area contributed by atoms with Gasteiger partial charge in [-0.05, 0) is 30.2 Å². The van der Waals surface area contributed by atoms with E-state index in [0.717, 1.165) is 5.56 Å². The molecule has 2 aromatic carbocycles. The van der Waals surface area contributed by atoms with Crippen LogP contribution in [0.3, 0.4) is 0 Å². The summed E-state index contributed by atoms with van der Waals surface area (Å²) >= 11 is 0. The van der Waals surface area contributed by atoms with E-state index < -0.39 is 10.8 Å². The number of benzene rings is 2. The SMILES string of the molecule is CCC(C(=O)Nc1ccccc1[N+](=O)[O-])c1ccc(OC)c(OC)c1. The summed E-state index contributed by atoms with van der Waals surface area (Å²) in [5, 5.41) is 13.7. The highest BCUT2D eigenvalue weighted by Gasteiger charge is 2.23. The molecule has 1 amide bonds. The van der Waals surface area contributed by atoms with Crippen LogP contribution in [0.1, 0.15) is 24.8 Å². The molecule has 132 valence electrons. The van der Waals surface area contributed by atoms with E-state index in [-0.39, 0.29) is 17.3 Å². The van der Waals surface area contributed by atoms with E-state index in [1.165, 1.54) is 26.4 Å². The van der Waals surface area contributed by atoms with E-state index in [9.17, 15) is 14.9 Å². The zero-order valence-corrected chi connectivity index (χ0v) is 14.3. The Morgan fingerprint density at radius 2 is 1.84 bits per heavy atom. The summed E-state index contributed by atoms with van der Waals surface area (Å²) < 4.78 is 10.5. The Morgan fingerprint density at radius 3 is 2.44 bits per heavy atom. The highest BCUT2D eigenvalue weighted by Crippen LogP contribution is 2.33. The molecule has 7 heteroatoms. The number of rotatable bonds is 7. The molecule has 0 radical (unpaired) electrons. The molecule has 2 rings (SSSR count). The number of methoxy groups -OCH3 is 2. The summed E-state index contributed by atoms with van der Waals surface area (Å²) in [5.41, 5.74) is 0.783. The van der Waals surface area contributed by atoms with Crippen molar-refractivity contribution in [3.63, 3.8) is 0 Å². The minimum Gasteiger partial charge on any atom is -0.493 e. The first-order chi connectivity index (χ1) is 12.0. The van der Waals surface area contributed by atoms with Crippen LogP contribution in [-0.2, 0) is 4.79 Å². The molecule has 25 heavy (non-hydrogen) atoms. The number of para-hydroxylation sites is 2. The number of anilines is 1. The van der Waals surface area contributed by atoms with Gasteiger partial charge in [-0.25, -0.2) is 0 Å². The fourth-order valence-corrected chi connectivity index (χ4v) is 2.60. The lowest BCUT2D eigenvalue weighted by molar-refractivity contribution is -0.383. The molecular weight excluding hydrogens is 324 g/mol. The Kier molecular flexibility index (Phi) is 5.94. The molecule has 2 aromatic rings. The predicted octanol–water partition coefficient (Wildman–Crippen LogP) is 3.74. The Balaban J connectivity index is 2.29. The van der Waals surface area contributed by atoms with Gasteiger partial charge in [0.15, 0.2) is 11.5 Å². The lowest BCUT2D eigenvalue weighted by atomic mass is 9.95. The minimum atomic E-state index is -0.521. The third-order valence-corrected chi connectivity index (χ3v) is 3.89. The highest BCUT2D eigenvalue weighted by molar-refractivity contribution is 5.97. The Hall–Kier alpha value is -3.09. The Labute approximate surface area is 145 Å². The van der Waals surface area contributed by atoms with Crippen LogP contribution in [0, 0.1) is 10.1 Å². The zero-order valence-electron chi connectivity index (χ0n) is 14.3. The van der Waals surface area contributed by atoms with E-state index in [2.05, 4.69) is 5.32 Å². The average molecular weight is 344 g/mol. The molecule has 7 nitrogen and oxygen atoms in total. The number of nitrogens with one attached hydrogen (secondary N) is 1. The average Bonchev–Trinajstić information content (AvgIpc) is 2.62. The maximum atomic E-state index is 12.7. The minimum absolute atomic E-state index is 0.141. The molecule has 0 saturated carbocycles. The molecule has 1 unspecified atom stereocenters. The first kappa shape index (κ1) is 18.3. The van der Waals surface area contributed by atoms with Crippen molar-refractivity contribution < 1.29 is 19.2 Å². The van der Waals surface area contributed by atoms with Gasteiger partial charge in [0.25, 0.3) is 5.69 Å². The van der Waals surface area contributed by atoms with Crippen molar-refractivity contribution in [3.8, 4) is 11.5 Å². The second-order valence-electron chi connectivity index (χ2n) is 5.34. The van der Waals surface area contributed by atoms with Crippen LogP contribution in [0.4, 0.5) is 11.4 Å². The molecule has 0 aliphatic heterocycles. The molecular formula is C18H20N2O5. The third-order valence-electron chi connectivity index (χ3n) is 3.89. The van der Waals surface area contributed by atoms with Gasteiger partial charge >= 0.3 is 0 Å². The van der Waals surface area contributed by atoms with Crippen molar-refractivity contribution in [2.45, 2.75) is 19.3 Å². The lowest BCUT2D eigenvalue weighted by Gasteiger charge is -2.17. The number of carbonyl (C=O) groups excluding carboxylic acids is 1. The maximum absolute atomic E-state index is 12.7. The van der Waals surface area contributed by atoms with E-state index in [1.807, 2.05) is 6.92 Å².